The van der Waals surface area contributed by atoms with E-state index >= 15 is 0 Å². The molecule has 3 atom stereocenters. The number of likely N-dealkylation sites (tertiary alicyclic amines) is 1. The van der Waals surface area contributed by atoms with Crippen molar-refractivity contribution in [1.29, 1.82) is 0 Å². The van der Waals surface area contributed by atoms with Crippen LogP contribution in [0.4, 0.5) is 0 Å². The van der Waals surface area contributed by atoms with Crippen molar-refractivity contribution in [2.75, 3.05) is 20.1 Å². The van der Waals surface area contributed by atoms with Gasteiger partial charge in [-0.1, -0.05) is 6.42 Å². The van der Waals surface area contributed by atoms with Crippen molar-refractivity contribution in [2.45, 2.75) is 44.6 Å². The van der Waals surface area contributed by atoms with Crippen molar-refractivity contribution in [3.05, 3.63) is 0 Å². The third-order valence-electron chi connectivity index (χ3n) is 4.37. The van der Waals surface area contributed by atoms with Crippen LogP contribution in [0, 0.1) is 11.8 Å². The van der Waals surface area contributed by atoms with E-state index in [1.165, 1.54) is 0 Å². The minimum Gasteiger partial charge on any atom is -0.481 e. The Morgan fingerprint density at radius 1 is 1.16 bits per heavy atom. The molecule has 0 radical (unpaired) electrons. The van der Waals surface area contributed by atoms with Crippen molar-refractivity contribution < 1.29 is 14.7 Å². The fourth-order valence-corrected chi connectivity index (χ4v) is 3.26. The van der Waals surface area contributed by atoms with E-state index in [1.807, 2.05) is 0 Å². The number of nitrogens with zero attached hydrogens (tertiary/aromatic N) is 1. The molecule has 0 spiro atoms. The molecule has 1 heterocycles. The molecule has 1 aliphatic heterocycles. The van der Waals surface area contributed by atoms with E-state index in [4.69, 9.17) is 5.11 Å². The summed E-state index contributed by atoms with van der Waals surface area (Å²) in [5, 5.41) is 12.2. The molecule has 3 unspecified atom stereocenters. The molecule has 1 saturated carbocycles. The average Bonchev–Trinajstić information content (AvgIpc) is 2.39. The quantitative estimate of drug-likeness (QED) is 0.804. The standard InChI is InChI=1S/C14H24N2O3/c1-16-7-3-6-12(9-16)15-13(17)10-4-2-5-11(8-10)14(18)19/h10-12H,2-9H2,1H3,(H,15,17)(H,18,19). The highest BCUT2D eigenvalue weighted by Gasteiger charge is 2.32. The highest BCUT2D eigenvalue weighted by Crippen LogP contribution is 2.29. The topological polar surface area (TPSA) is 69.6 Å². The Morgan fingerprint density at radius 3 is 2.58 bits per heavy atom. The SMILES string of the molecule is CN1CCCC(NC(=O)C2CCCC(C(=O)O)C2)C1. The summed E-state index contributed by atoms with van der Waals surface area (Å²) in [6.45, 7) is 2.00. The number of hydrogen-bond donors (Lipinski definition) is 2. The lowest BCUT2D eigenvalue weighted by molar-refractivity contribution is -0.144. The third kappa shape index (κ3) is 3.93. The van der Waals surface area contributed by atoms with Crippen molar-refractivity contribution in [3.8, 4) is 0 Å². The zero-order valence-electron chi connectivity index (χ0n) is 11.6. The maximum Gasteiger partial charge on any atom is 0.306 e. The number of nitrogens with one attached hydrogen (secondary N) is 1. The van der Waals surface area contributed by atoms with Crippen LogP contribution in [-0.4, -0.2) is 48.1 Å². The lowest BCUT2D eigenvalue weighted by Gasteiger charge is -2.32. The van der Waals surface area contributed by atoms with Gasteiger partial charge in [-0.25, -0.2) is 0 Å². The molecule has 1 aliphatic carbocycles. The van der Waals surface area contributed by atoms with Crippen molar-refractivity contribution in [3.63, 3.8) is 0 Å². The molecule has 0 bridgehead atoms. The van der Waals surface area contributed by atoms with Gasteiger partial charge < -0.3 is 15.3 Å². The number of rotatable bonds is 3. The lowest BCUT2D eigenvalue weighted by Crippen LogP contribution is -2.48. The molecule has 0 aromatic rings. The van der Waals surface area contributed by atoms with Gasteiger partial charge in [-0.2, -0.15) is 0 Å². The second kappa shape index (κ2) is 6.37. The van der Waals surface area contributed by atoms with Gasteiger partial charge in [-0.05, 0) is 45.7 Å². The molecule has 0 aromatic carbocycles. The van der Waals surface area contributed by atoms with Gasteiger partial charge in [0.25, 0.3) is 0 Å². The molecule has 19 heavy (non-hydrogen) atoms. The van der Waals surface area contributed by atoms with E-state index < -0.39 is 5.97 Å². The van der Waals surface area contributed by atoms with Crippen molar-refractivity contribution >= 4 is 11.9 Å². The molecular formula is C14H24N2O3. The van der Waals surface area contributed by atoms with Crippen LogP contribution in [0.5, 0.6) is 0 Å². The van der Waals surface area contributed by atoms with Gasteiger partial charge in [0.15, 0.2) is 0 Å². The molecular weight excluding hydrogens is 244 g/mol. The average molecular weight is 268 g/mol. The molecule has 1 saturated heterocycles. The molecule has 108 valence electrons. The van der Waals surface area contributed by atoms with Crippen molar-refractivity contribution in [2.24, 2.45) is 11.8 Å². The number of likely N-dealkylation sites (N-methyl/N-ethyl adjacent to an activating group) is 1. The van der Waals surface area contributed by atoms with Gasteiger partial charge in [0.1, 0.15) is 0 Å². The molecule has 5 nitrogen and oxygen atoms in total. The van der Waals surface area contributed by atoms with Crippen molar-refractivity contribution in [1.82, 2.24) is 10.2 Å². The molecule has 2 aliphatic rings. The zero-order valence-corrected chi connectivity index (χ0v) is 11.6. The van der Waals surface area contributed by atoms with Crippen LogP contribution < -0.4 is 5.32 Å². The first-order valence-corrected chi connectivity index (χ1v) is 7.28. The number of aliphatic carboxylic acids is 1. The number of amides is 1. The second-order valence-corrected chi connectivity index (χ2v) is 6.01. The maximum atomic E-state index is 12.2. The van der Waals surface area contributed by atoms with Crippen LogP contribution in [0.15, 0.2) is 0 Å². The maximum absolute atomic E-state index is 12.2. The van der Waals surface area contributed by atoms with Gasteiger partial charge in [-0.3, -0.25) is 9.59 Å². The summed E-state index contributed by atoms with van der Waals surface area (Å²) in [4.78, 5) is 25.5. The van der Waals surface area contributed by atoms with Gasteiger partial charge in [0.2, 0.25) is 5.91 Å². The number of carbonyl (C=O) groups is 2. The Labute approximate surface area is 114 Å². The number of hydrogen-bond acceptors (Lipinski definition) is 3. The van der Waals surface area contributed by atoms with E-state index in [1.54, 1.807) is 0 Å². The van der Waals surface area contributed by atoms with Crippen LogP contribution in [0.25, 0.3) is 0 Å². The lowest BCUT2D eigenvalue weighted by atomic mass is 9.81. The molecule has 1 amide bonds. The smallest absolute Gasteiger partial charge is 0.306 e. The number of carboxylic acids is 1. The summed E-state index contributed by atoms with van der Waals surface area (Å²) >= 11 is 0. The van der Waals surface area contributed by atoms with Gasteiger partial charge >= 0.3 is 5.97 Å². The van der Waals surface area contributed by atoms with E-state index in [2.05, 4.69) is 17.3 Å². The number of piperidine rings is 1. The van der Waals surface area contributed by atoms with Crippen LogP contribution >= 0.6 is 0 Å². The highest BCUT2D eigenvalue weighted by molar-refractivity contribution is 5.80. The summed E-state index contributed by atoms with van der Waals surface area (Å²) in [7, 11) is 2.07. The molecule has 2 fully saturated rings. The van der Waals surface area contributed by atoms with Crippen LogP contribution in [-0.2, 0) is 9.59 Å². The number of carboxylic acid groups (broad SMARTS) is 1. The molecule has 0 aromatic heterocycles. The van der Waals surface area contributed by atoms with Gasteiger partial charge in [-0.15, -0.1) is 0 Å². The Kier molecular flexibility index (Phi) is 4.80. The number of carbonyl (C=O) groups excluding carboxylic acids is 1. The van der Waals surface area contributed by atoms with E-state index in [0.717, 1.165) is 38.8 Å². The Hall–Kier alpha value is -1.10. The van der Waals surface area contributed by atoms with Crippen LogP contribution in [0.1, 0.15) is 38.5 Å². The highest BCUT2D eigenvalue weighted by atomic mass is 16.4. The van der Waals surface area contributed by atoms with Gasteiger partial charge in [0.05, 0.1) is 5.92 Å². The largest absolute Gasteiger partial charge is 0.481 e. The first-order chi connectivity index (χ1) is 9.06. The summed E-state index contributed by atoms with van der Waals surface area (Å²) in [6, 6.07) is 0.233. The minimum atomic E-state index is -0.755. The molecule has 2 N–H and O–H groups in total. The fourth-order valence-electron chi connectivity index (χ4n) is 3.26. The first-order valence-electron chi connectivity index (χ1n) is 7.28. The normalized spacial score (nSPS) is 32.8. The molecule has 2 rings (SSSR count). The van der Waals surface area contributed by atoms with E-state index in [0.29, 0.717) is 12.8 Å². The second-order valence-electron chi connectivity index (χ2n) is 6.01. The van der Waals surface area contributed by atoms with E-state index in [9.17, 15) is 9.59 Å². The monoisotopic (exact) mass is 268 g/mol. The van der Waals surface area contributed by atoms with E-state index in [-0.39, 0.29) is 23.8 Å². The fraction of sp³-hybridized carbons (Fsp3) is 0.857. The minimum absolute atomic E-state index is 0.0613. The summed E-state index contributed by atoms with van der Waals surface area (Å²) in [5.41, 5.74) is 0. The van der Waals surface area contributed by atoms with Gasteiger partial charge in [0, 0.05) is 18.5 Å². The summed E-state index contributed by atoms with van der Waals surface area (Å²) in [5.74, 6) is -1.14. The van der Waals surface area contributed by atoms with Crippen LogP contribution in [0.2, 0.25) is 0 Å². The Morgan fingerprint density at radius 2 is 1.89 bits per heavy atom. The third-order valence-corrected chi connectivity index (χ3v) is 4.37. The first kappa shape index (κ1) is 14.3. The Bertz CT molecular complexity index is 346. The molecule has 5 heteroatoms. The predicted molar refractivity (Wildman–Crippen MR) is 71.7 cm³/mol. The summed E-state index contributed by atoms with van der Waals surface area (Å²) < 4.78 is 0. The predicted octanol–water partition coefficient (Wildman–Crippen LogP) is 1.09. The summed E-state index contributed by atoms with van der Waals surface area (Å²) in [6.07, 6.45) is 5.04. The zero-order chi connectivity index (χ0) is 13.8. The Balaban J connectivity index is 1.83. The van der Waals surface area contributed by atoms with Crippen LogP contribution in [0.3, 0.4) is 0 Å².